The summed E-state index contributed by atoms with van der Waals surface area (Å²) in [4.78, 5) is 0. The molecule has 0 aromatic carbocycles. The lowest BCUT2D eigenvalue weighted by Gasteiger charge is -2.18. The molecule has 4 nitrogen and oxygen atoms in total. The third-order valence-electron chi connectivity index (χ3n) is 1.39. The molecular formula is C6H10N4. The molecule has 4 N–H and O–H groups in total. The normalized spacial score (nSPS) is 13.3. The maximum atomic E-state index is 8.41. The van der Waals surface area contributed by atoms with E-state index in [-0.39, 0.29) is 0 Å². The second-order valence-electron chi connectivity index (χ2n) is 2.11. The van der Waals surface area contributed by atoms with Crippen molar-refractivity contribution in [1.82, 2.24) is 0 Å². The van der Waals surface area contributed by atoms with Gasteiger partial charge in [-0.3, -0.25) is 0 Å². The van der Waals surface area contributed by atoms with E-state index in [1.807, 2.05) is 0 Å². The van der Waals surface area contributed by atoms with Gasteiger partial charge in [-0.1, -0.05) is 6.92 Å². The van der Waals surface area contributed by atoms with Crippen LogP contribution in [0.15, 0.2) is 0 Å². The number of nitrogens with two attached hydrogens (primary N) is 2. The molecule has 4 heteroatoms. The molecular weight excluding hydrogens is 128 g/mol. The summed E-state index contributed by atoms with van der Waals surface area (Å²) in [5, 5.41) is 16.8. The van der Waals surface area contributed by atoms with E-state index in [1.165, 1.54) is 0 Å². The summed E-state index contributed by atoms with van der Waals surface area (Å²) < 4.78 is 0. The van der Waals surface area contributed by atoms with Gasteiger partial charge in [-0.05, 0) is 6.42 Å². The van der Waals surface area contributed by atoms with Crippen molar-refractivity contribution in [2.75, 3.05) is 0 Å². The third kappa shape index (κ3) is 1.44. The highest BCUT2D eigenvalue weighted by molar-refractivity contribution is 5.24. The lowest BCUT2D eigenvalue weighted by molar-refractivity contribution is 0.507. The van der Waals surface area contributed by atoms with E-state index in [0.29, 0.717) is 6.42 Å². The van der Waals surface area contributed by atoms with Gasteiger partial charge in [0.05, 0.1) is 0 Å². The molecule has 0 aromatic heterocycles. The summed E-state index contributed by atoms with van der Waals surface area (Å²) in [7, 11) is 0. The fraction of sp³-hybridized carbons (Fsp3) is 0.667. The van der Waals surface area contributed by atoms with Crippen LogP contribution in [-0.4, -0.2) is 11.6 Å². The predicted molar refractivity (Wildman–Crippen MR) is 36.4 cm³/mol. The molecule has 0 amide bonds. The predicted octanol–water partition coefficient (Wildman–Crippen LogP) is -0.532. The lowest BCUT2D eigenvalue weighted by atomic mass is 9.93. The molecule has 0 heterocycles. The molecule has 0 saturated carbocycles. The highest BCUT2D eigenvalue weighted by Crippen LogP contribution is 2.04. The van der Waals surface area contributed by atoms with Crippen molar-refractivity contribution in [2.24, 2.45) is 11.5 Å². The van der Waals surface area contributed by atoms with Gasteiger partial charge in [0.2, 0.25) is 5.54 Å². The molecule has 10 heavy (non-hydrogen) atoms. The van der Waals surface area contributed by atoms with Gasteiger partial charge in [-0.25, -0.2) is 0 Å². The first-order valence-corrected chi connectivity index (χ1v) is 2.97. The monoisotopic (exact) mass is 138 g/mol. The van der Waals surface area contributed by atoms with Crippen LogP contribution in [0.2, 0.25) is 0 Å². The zero-order valence-corrected chi connectivity index (χ0v) is 5.83. The maximum absolute atomic E-state index is 8.41. The van der Waals surface area contributed by atoms with Crippen molar-refractivity contribution in [3.8, 4) is 12.1 Å². The summed E-state index contributed by atoms with van der Waals surface area (Å²) >= 11 is 0. The molecule has 0 aromatic rings. The van der Waals surface area contributed by atoms with Gasteiger partial charge in [-0.15, -0.1) is 0 Å². The van der Waals surface area contributed by atoms with Gasteiger partial charge >= 0.3 is 0 Å². The Balaban J connectivity index is 4.41. The van der Waals surface area contributed by atoms with E-state index in [2.05, 4.69) is 0 Å². The second kappa shape index (κ2) is 3.17. The standard InChI is InChI=1S/C6H10N4/c1-2-5(9)6(10,3-7)4-8/h5H,2,9-10H2,1H3. The smallest absolute Gasteiger partial charge is 0.206 e. The van der Waals surface area contributed by atoms with Gasteiger partial charge in [0, 0.05) is 6.04 Å². The SMILES string of the molecule is CCC(N)C(N)(C#N)C#N. The van der Waals surface area contributed by atoms with Crippen LogP contribution in [0.5, 0.6) is 0 Å². The Hall–Kier alpha value is -1.10. The summed E-state index contributed by atoms with van der Waals surface area (Å²) in [5.41, 5.74) is 9.19. The van der Waals surface area contributed by atoms with Crippen LogP contribution in [0, 0.1) is 22.7 Å². The summed E-state index contributed by atoms with van der Waals surface area (Å²) in [6, 6.07) is 2.77. The maximum Gasteiger partial charge on any atom is 0.206 e. The third-order valence-corrected chi connectivity index (χ3v) is 1.39. The fourth-order valence-corrected chi connectivity index (χ4v) is 0.513. The molecule has 54 valence electrons. The Labute approximate surface area is 60.0 Å². The number of nitriles is 2. The highest BCUT2D eigenvalue weighted by Gasteiger charge is 2.30. The first-order chi connectivity index (χ1) is 4.60. The van der Waals surface area contributed by atoms with Crippen molar-refractivity contribution in [3.05, 3.63) is 0 Å². The topological polar surface area (TPSA) is 99.6 Å². The van der Waals surface area contributed by atoms with E-state index in [0.717, 1.165) is 0 Å². The molecule has 0 radical (unpaired) electrons. The van der Waals surface area contributed by atoms with Crippen molar-refractivity contribution in [3.63, 3.8) is 0 Å². The minimum Gasteiger partial charge on any atom is -0.324 e. The van der Waals surface area contributed by atoms with Crippen molar-refractivity contribution in [1.29, 1.82) is 10.5 Å². The summed E-state index contributed by atoms with van der Waals surface area (Å²) in [5.74, 6) is 0. The first kappa shape index (κ1) is 8.90. The van der Waals surface area contributed by atoms with Crippen LogP contribution in [-0.2, 0) is 0 Å². The van der Waals surface area contributed by atoms with Crippen molar-refractivity contribution >= 4 is 0 Å². The Morgan fingerprint density at radius 1 is 1.50 bits per heavy atom. The lowest BCUT2D eigenvalue weighted by Crippen LogP contribution is -2.52. The van der Waals surface area contributed by atoms with Crippen LogP contribution in [0.25, 0.3) is 0 Å². The second-order valence-corrected chi connectivity index (χ2v) is 2.11. The van der Waals surface area contributed by atoms with E-state index in [1.54, 1.807) is 19.1 Å². The van der Waals surface area contributed by atoms with Crippen molar-refractivity contribution < 1.29 is 0 Å². The molecule has 0 rings (SSSR count). The number of hydrogen-bond acceptors (Lipinski definition) is 4. The minimum atomic E-state index is -1.52. The average molecular weight is 138 g/mol. The van der Waals surface area contributed by atoms with Crippen LogP contribution >= 0.6 is 0 Å². The molecule has 0 aliphatic carbocycles. The molecule has 0 bridgehead atoms. The van der Waals surface area contributed by atoms with Crippen LogP contribution in [0.3, 0.4) is 0 Å². The van der Waals surface area contributed by atoms with Crippen LogP contribution in [0.1, 0.15) is 13.3 Å². The molecule has 0 spiro atoms. The van der Waals surface area contributed by atoms with Gasteiger partial charge in [0.25, 0.3) is 0 Å². The fourth-order valence-electron chi connectivity index (χ4n) is 0.513. The largest absolute Gasteiger partial charge is 0.324 e. The zero-order valence-electron chi connectivity index (χ0n) is 5.83. The van der Waals surface area contributed by atoms with E-state index in [4.69, 9.17) is 22.0 Å². The van der Waals surface area contributed by atoms with Crippen LogP contribution in [0.4, 0.5) is 0 Å². The Bertz CT molecular complexity index is 171. The molecule has 0 fully saturated rings. The van der Waals surface area contributed by atoms with Gasteiger partial charge < -0.3 is 11.5 Å². The van der Waals surface area contributed by atoms with E-state index >= 15 is 0 Å². The number of hydrogen-bond donors (Lipinski definition) is 2. The van der Waals surface area contributed by atoms with E-state index in [9.17, 15) is 0 Å². The Morgan fingerprint density at radius 2 is 1.90 bits per heavy atom. The Kier molecular flexibility index (Phi) is 2.82. The highest BCUT2D eigenvalue weighted by atomic mass is 14.8. The Morgan fingerprint density at radius 3 is 2.00 bits per heavy atom. The average Bonchev–Trinajstić information content (AvgIpc) is 2.01. The number of rotatable bonds is 2. The quantitative estimate of drug-likeness (QED) is 0.535. The molecule has 0 aliphatic rings. The summed E-state index contributed by atoms with van der Waals surface area (Å²) in [6.07, 6.45) is 0.525. The zero-order chi connectivity index (χ0) is 8.20. The van der Waals surface area contributed by atoms with Crippen LogP contribution < -0.4 is 11.5 Å². The molecule has 0 saturated heterocycles. The molecule has 1 unspecified atom stereocenters. The van der Waals surface area contributed by atoms with Crippen molar-refractivity contribution in [2.45, 2.75) is 24.9 Å². The molecule has 1 atom stereocenters. The van der Waals surface area contributed by atoms with Gasteiger partial charge in [0.15, 0.2) is 0 Å². The molecule has 0 aliphatic heterocycles. The number of nitrogens with zero attached hydrogens (tertiary/aromatic N) is 2. The van der Waals surface area contributed by atoms with E-state index < -0.39 is 11.6 Å². The van der Waals surface area contributed by atoms with Gasteiger partial charge in [-0.2, -0.15) is 10.5 Å². The summed E-state index contributed by atoms with van der Waals surface area (Å²) in [6.45, 7) is 1.78. The first-order valence-electron chi connectivity index (χ1n) is 2.97. The van der Waals surface area contributed by atoms with Gasteiger partial charge in [0.1, 0.15) is 12.1 Å². The minimum absolute atomic E-state index is 0.525.